The highest BCUT2D eigenvalue weighted by Gasteiger charge is 2.35. The van der Waals surface area contributed by atoms with E-state index >= 15 is 0 Å². The molecule has 2 aliphatic rings. The second kappa shape index (κ2) is 7.89. The molecule has 1 saturated carbocycles. The molecule has 0 unspecified atom stereocenters. The van der Waals surface area contributed by atoms with E-state index in [4.69, 9.17) is 0 Å². The third-order valence-corrected chi connectivity index (χ3v) is 5.26. The van der Waals surface area contributed by atoms with E-state index in [1.807, 2.05) is 4.90 Å². The van der Waals surface area contributed by atoms with Crippen molar-refractivity contribution in [2.75, 3.05) is 13.1 Å². The van der Waals surface area contributed by atoms with Gasteiger partial charge in [0.15, 0.2) is 0 Å². The van der Waals surface area contributed by atoms with Gasteiger partial charge in [0.25, 0.3) is 0 Å². The Balaban J connectivity index is 1.45. The first-order valence-electron chi connectivity index (χ1n) is 9.49. The van der Waals surface area contributed by atoms with Crippen molar-refractivity contribution in [1.29, 1.82) is 0 Å². The normalized spacial score (nSPS) is 19.4. The maximum absolute atomic E-state index is 12.4. The molecule has 3 amide bonds. The summed E-state index contributed by atoms with van der Waals surface area (Å²) >= 11 is 0. The minimum Gasteiger partial charge on any atom is -0.342 e. The van der Waals surface area contributed by atoms with Crippen molar-refractivity contribution < 1.29 is 9.59 Å². The monoisotopic (exact) mass is 343 g/mol. The van der Waals surface area contributed by atoms with Gasteiger partial charge in [-0.1, -0.05) is 36.8 Å². The lowest BCUT2D eigenvalue weighted by atomic mass is 10.0. The number of urea groups is 1. The van der Waals surface area contributed by atoms with E-state index in [-0.39, 0.29) is 24.0 Å². The molecule has 0 spiro atoms. The molecule has 136 valence electrons. The van der Waals surface area contributed by atoms with Gasteiger partial charge in [-0.15, -0.1) is 0 Å². The summed E-state index contributed by atoms with van der Waals surface area (Å²) in [7, 11) is 0. The van der Waals surface area contributed by atoms with Crippen LogP contribution in [-0.2, 0) is 4.79 Å². The number of hydrogen-bond donors (Lipinski definition) is 2. The molecular formula is C20H29N3O2. The molecule has 5 nitrogen and oxygen atoms in total. The van der Waals surface area contributed by atoms with Crippen molar-refractivity contribution in [3.05, 3.63) is 35.4 Å². The van der Waals surface area contributed by atoms with Crippen molar-refractivity contribution in [2.45, 2.75) is 58.0 Å². The fourth-order valence-electron chi connectivity index (χ4n) is 3.44. The fraction of sp³-hybridized carbons (Fsp3) is 0.600. The summed E-state index contributed by atoms with van der Waals surface area (Å²) in [5, 5.41) is 6.16. The van der Waals surface area contributed by atoms with Crippen LogP contribution in [0.1, 0.15) is 56.2 Å². The number of benzene rings is 1. The number of hydrogen-bond acceptors (Lipinski definition) is 2. The third kappa shape index (κ3) is 4.74. The van der Waals surface area contributed by atoms with Crippen LogP contribution < -0.4 is 10.6 Å². The van der Waals surface area contributed by atoms with Crippen molar-refractivity contribution in [2.24, 2.45) is 5.92 Å². The van der Waals surface area contributed by atoms with Crippen LogP contribution in [-0.4, -0.2) is 36.0 Å². The van der Waals surface area contributed by atoms with E-state index in [1.165, 1.54) is 5.56 Å². The van der Waals surface area contributed by atoms with Gasteiger partial charge in [0, 0.05) is 25.0 Å². The average molecular weight is 343 g/mol. The van der Waals surface area contributed by atoms with E-state index < -0.39 is 0 Å². The smallest absolute Gasteiger partial charge is 0.315 e. The minimum atomic E-state index is -0.112. The van der Waals surface area contributed by atoms with Crippen LogP contribution in [0.15, 0.2) is 24.3 Å². The van der Waals surface area contributed by atoms with Gasteiger partial charge in [-0.05, 0) is 44.6 Å². The number of nitrogens with one attached hydrogen (secondary N) is 2. The summed E-state index contributed by atoms with van der Waals surface area (Å²) < 4.78 is 0. The molecular weight excluding hydrogens is 314 g/mol. The molecule has 5 heteroatoms. The molecule has 2 fully saturated rings. The van der Waals surface area contributed by atoms with Gasteiger partial charge < -0.3 is 15.5 Å². The first-order chi connectivity index (χ1) is 12.1. The highest BCUT2D eigenvalue weighted by Crippen LogP contribution is 2.31. The predicted molar refractivity (Wildman–Crippen MR) is 98.2 cm³/mol. The fourth-order valence-corrected chi connectivity index (χ4v) is 3.44. The first kappa shape index (κ1) is 17.8. The molecule has 2 N–H and O–H groups in total. The molecule has 1 atom stereocenters. The molecule has 1 aromatic carbocycles. The topological polar surface area (TPSA) is 61.4 Å². The Labute approximate surface area is 150 Å². The molecule has 1 aliphatic heterocycles. The standard InChI is InChI=1S/C20H29N3O2/c1-3-18(15-6-4-14(2)5-7-15)22-20(25)21-17-10-12-23(13-11-17)19(24)16-8-9-16/h4-7,16-18H,3,8-13H2,1-2H3,(H2,21,22,25)/t18-/m0/s1. The third-order valence-electron chi connectivity index (χ3n) is 5.26. The van der Waals surface area contributed by atoms with E-state index in [1.54, 1.807) is 0 Å². The Morgan fingerprint density at radius 2 is 1.76 bits per heavy atom. The second-order valence-corrected chi connectivity index (χ2v) is 7.36. The summed E-state index contributed by atoms with van der Waals surface area (Å²) in [5.41, 5.74) is 2.35. The maximum Gasteiger partial charge on any atom is 0.315 e. The molecule has 1 aromatic rings. The average Bonchev–Trinajstić information content (AvgIpc) is 3.46. The molecule has 0 radical (unpaired) electrons. The quantitative estimate of drug-likeness (QED) is 0.863. The first-order valence-corrected chi connectivity index (χ1v) is 9.49. The lowest BCUT2D eigenvalue weighted by Gasteiger charge is -2.33. The Morgan fingerprint density at radius 1 is 1.12 bits per heavy atom. The van der Waals surface area contributed by atoms with Crippen LogP contribution in [0.4, 0.5) is 4.79 Å². The van der Waals surface area contributed by atoms with Crippen molar-refractivity contribution >= 4 is 11.9 Å². The molecule has 25 heavy (non-hydrogen) atoms. The van der Waals surface area contributed by atoms with Crippen LogP contribution in [0.2, 0.25) is 0 Å². The molecule has 1 saturated heterocycles. The molecule has 1 aliphatic carbocycles. The highest BCUT2D eigenvalue weighted by atomic mass is 16.2. The van der Waals surface area contributed by atoms with Gasteiger partial charge >= 0.3 is 6.03 Å². The zero-order chi connectivity index (χ0) is 17.8. The number of nitrogens with zero attached hydrogens (tertiary/aromatic N) is 1. The molecule has 1 heterocycles. The summed E-state index contributed by atoms with van der Waals surface area (Å²) in [6, 6.07) is 8.36. The van der Waals surface area contributed by atoms with Crippen molar-refractivity contribution in [3.63, 3.8) is 0 Å². The maximum atomic E-state index is 12.4. The predicted octanol–water partition coefficient (Wildman–Crippen LogP) is 3.15. The van der Waals surface area contributed by atoms with E-state index in [0.29, 0.717) is 5.91 Å². The number of carbonyl (C=O) groups is 2. The number of carbonyl (C=O) groups excluding carboxylic acids is 2. The van der Waals surface area contributed by atoms with Crippen LogP contribution in [0.25, 0.3) is 0 Å². The Bertz CT molecular complexity index is 602. The van der Waals surface area contributed by atoms with Gasteiger partial charge in [0.05, 0.1) is 6.04 Å². The zero-order valence-corrected chi connectivity index (χ0v) is 15.3. The SMILES string of the molecule is CC[C@H](NC(=O)NC1CCN(C(=O)C2CC2)CC1)c1ccc(C)cc1. The largest absolute Gasteiger partial charge is 0.342 e. The summed E-state index contributed by atoms with van der Waals surface area (Å²) in [5.74, 6) is 0.598. The molecule has 3 rings (SSSR count). The molecule has 0 bridgehead atoms. The number of amides is 3. The summed E-state index contributed by atoms with van der Waals surface area (Å²) in [6.07, 6.45) is 4.64. The van der Waals surface area contributed by atoms with E-state index in [9.17, 15) is 9.59 Å². The van der Waals surface area contributed by atoms with Crippen molar-refractivity contribution in [3.8, 4) is 0 Å². The van der Waals surface area contributed by atoms with E-state index in [0.717, 1.165) is 50.8 Å². The lowest BCUT2D eigenvalue weighted by Crippen LogP contribution is -2.49. The Kier molecular flexibility index (Phi) is 5.61. The Hall–Kier alpha value is -2.04. The van der Waals surface area contributed by atoms with Crippen molar-refractivity contribution in [1.82, 2.24) is 15.5 Å². The Morgan fingerprint density at radius 3 is 2.32 bits per heavy atom. The van der Waals surface area contributed by atoms with Crippen LogP contribution in [0.3, 0.4) is 0 Å². The van der Waals surface area contributed by atoms with Gasteiger partial charge in [0.2, 0.25) is 5.91 Å². The number of aryl methyl sites for hydroxylation is 1. The van der Waals surface area contributed by atoms with Gasteiger partial charge in [-0.3, -0.25) is 4.79 Å². The summed E-state index contributed by atoms with van der Waals surface area (Å²) in [6.45, 7) is 5.66. The van der Waals surface area contributed by atoms with Gasteiger partial charge in [-0.2, -0.15) is 0 Å². The van der Waals surface area contributed by atoms with Crippen LogP contribution >= 0.6 is 0 Å². The number of rotatable bonds is 5. The van der Waals surface area contributed by atoms with E-state index in [2.05, 4.69) is 48.7 Å². The lowest BCUT2D eigenvalue weighted by molar-refractivity contribution is -0.133. The van der Waals surface area contributed by atoms with Gasteiger partial charge in [0.1, 0.15) is 0 Å². The van der Waals surface area contributed by atoms with Gasteiger partial charge in [-0.25, -0.2) is 4.79 Å². The van der Waals surface area contributed by atoms with Crippen LogP contribution in [0.5, 0.6) is 0 Å². The molecule has 0 aromatic heterocycles. The van der Waals surface area contributed by atoms with Crippen LogP contribution in [0, 0.1) is 12.8 Å². The number of likely N-dealkylation sites (tertiary alicyclic amines) is 1. The zero-order valence-electron chi connectivity index (χ0n) is 15.3. The summed E-state index contributed by atoms with van der Waals surface area (Å²) in [4.78, 5) is 26.4. The number of piperidine rings is 1. The second-order valence-electron chi connectivity index (χ2n) is 7.36. The minimum absolute atomic E-state index is 0.0251. The highest BCUT2D eigenvalue weighted by molar-refractivity contribution is 5.81.